The lowest BCUT2D eigenvalue weighted by atomic mass is 9.97. The van der Waals surface area contributed by atoms with Crippen LogP contribution in [0.15, 0.2) is 70.1 Å². The summed E-state index contributed by atoms with van der Waals surface area (Å²) in [4.78, 5) is 3.90. The van der Waals surface area contributed by atoms with Crippen LogP contribution in [0.3, 0.4) is 0 Å². The lowest BCUT2D eigenvalue weighted by molar-refractivity contribution is -0.286. The number of aliphatic hydroxyl groups is 1. The Bertz CT molecular complexity index is 2090. The van der Waals surface area contributed by atoms with Gasteiger partial charge in [0.1, 0.15) is 11.5 Å². The highest BCUT2D eigenvalue weighted by atomic mass is 32.2. The van der Waals surface area contributed by atoms with E-state index in [1.807, 2.05) is 0 Å². The zero-order valence-electron chi connectivity index (χ0n) is 23.0. The van der Waals surface area contributed by atoms with Gasteiger partial charge in [-0.2, -0.15) is 18.3 Å². The van der Waals surface area contributed by atoms with Crippen LogP contribution in [0.4, 0.5) is 26.3 Å². The number of halogens is 6. The Morgan fingerprint density at radius 3 is 2.33 bits per heavy atom. The minimum atomic E-state index is -4.76. The summed E-state index contributed by atoms with van der Waals surface area (Å²) in [6.07, 6.45) is -6.75. The molecule has 234 valence electrons. The van der Waals surface area contributed by atoms with E-state index in [0.29, 0.717) is 0 Å². The van der Waals surface area contributed by atoms with Crippen molar-refractivity contribution in [2.45, 2.75) is 30.9 Å². The van der Waals surface area contributed by atoms with Crippen molar-refractivity contribution >= 4 is 9.84 Å². The summed E-state index contributed by atoms with van der Waals surface area (Å²) in [6, 6.07) is 10.9. The summed E-state index contributed by atoms with van der Waals surface area (Å²) in [5.74, 6) is -1.48. The average molecular weight is 652 g/mol. The van der Waals surface area contributed by atoms with Crippen molar-refractivity contribution in [3.05, 3.63) is 83.8 Å². The fourth-order valence-corrected chi connectivity index (χ4v) is 5.82. The molecular weight excluding hydrogens is 632 g/mol. The van der Waals surface area contributed by atoms with Gasteiger partial charge in [0.25, 0.3) is 0 Å². The molecule has 0 aliphatic carbocycles. The van der Waals surface area contributed by atoms with Crippen molar-refractivity contribution in [1.82, 2.24) is 14.8 Å². The number of hydrogen-bond acceptors (Lipinski definition) is 8. The molecule has 0 saturated carbocycles. The second-order valence-corrected chi connectivity index (χ2v) is 12.0. The number of aliphatic hydroxyl groups excluding tert-OH is 1. The van der Waals surface area contributed by atoms with E-state index in [1.165, 1.54) is 43.3 Å². The quantitative estimate of drug-likeness (QED) is 0.206. The number of alkyl halides is 5. The fraction of sp³-hybridized carbons (Fsp3) is 0.172. The third-order valence-corrected chi connectivity index (χ3v) is 7.98. The molecule has 0 bridgehead atoms. The predicted octanol–water partition coefficient (Wildman–Crippen LogP) is 6.54. The molecule has 0 fully saturated rings. The fourth-order valence-electron chi connectivity index (χ4n) is 4.87. The Morgan fingerprint density at radius 2 is 1.67 bits per heavy atom. The molecule has 45 heavy (non-hydrogen) atoms. The van der Waals surface area contributed by atoms with Gasteiger partial charge in [-0.25, -0.2) is 22.5 Å². The van der Waals surface area contributed by atoms with Crippen LogP contribution >= 0.6 is 0 Å². The molecule has 5 aromatic rings. The number of aryl methyl sites for hydroxylation is 1. The maximum Gasteiger partial charge on any atom is 0.586 e. The summed E-state index contributed by atoms with van der Waals surface area (Å²) >= 11 is 0. The number of ether oxygens (including phenoxy) is 2. The van der Waals surface area contributed by atoms with Gasteiger partial charge in [-0.05, 0) is 59.7 Å². The molecule has 2 aromatic heterocycles. The van der Waals surface area contributed by atoms with Crippen LogP contribution in [-0.2, 0) is 22.6 Å². The Morgan fingerprint density at radius 1 is 0.956 bits per heavy atom. The van der Waals surface area contributed by atoms with Crippen molar-refractivity contribution in [2.24, 2.45) is 0 Å². The molecule has 0 spiro atoms. The van der Waals surface area contributed by atoms with Crippen LogP contribution in [0.1, 0.15) is 17.1 Å². The minimum absolute atomic E-state index is 0.0326. The van der Waals surface area contributed by atoms with Crippen LogP contribution in [0, 0.1) is 12.7 Å². The van der Waals surface area contributed by atoms with E-state index in [1.54, 1.807) is 0 Å². The highest BCUT2D eigenvalue weighted by Crippen LogP contribution is 2.45. The lowest BCUT2D eigenvalue weighted by Crippen LogP contribution is -2.25. The first-order valence-electron chi connectivity index (χ1n) is 12.8. The number of nitrogens with zero attached hydrogens (tertiary/aromatic N) is 3. The number of aromatic nitrogens is 3. The van der Waals surface area contributed by atoms with E-state index in [4.69, 9.17) is 4.42 Å². The Kier molecular flexibility index (Phi) is 6.96. The van der Waals surface area contributed by atoms with Gasteiger partial charge < -0.3 is 19.0 Å². The van der Waals surface area contributed by atoms with Gasteiger partial charge >= 0.3 is 12.5 Å². The molecule has 6 rings (SSSR count). The van der Waals surface area contributed by atoms with E-state index >= 15 is 4.39 Å². The highest BCUT2D eigenvalue weighted by Gasteiger charge is 2.43. The predicted molar refractivity (Wildman–Crippen MR) is 145 cm³/mol. The van der Waals surface area contributed by atoms with Gasteiger partial charge in [-0.3, -0.25) is 0 Å². The van der Waals surface area contributed by atoms with Crippen LogP contribution in [-0.4, -0.2) is 40.8 Å². The van der Waals surface area contributed by atoms with Gasteiger partial charge in [0.15, 0.2) is 38.7 Å². The summed E-state index contributed by atoms with van der Waals surface area (Å²) < 4.78 is 123. The number of benzene rings is 3. The van der Waals surface area contributed by atoms with Crippen molar-refractivity contribution in [3.63, 3.8) is 0 Å². The third kappa shape index (κ3) is 5.62. The van der Waals surface area contributed by atoms with E-state index in [-0.39, 0.29) is 56.8 Å². The smallest absolute Gasteiger partial charge is 0.440 e. The summed E-state index contributed by atoms with van der Waals surface area (Å²) in [5.41, 5.74) is -0.946. The number of sulfone groups is 1. The van der Waals surface area contributed by atoms with E-state index in [9.17, 15) is 35.5 Å². The first-order chi connectivity index (χ1) is 21.0. The Labute approximate surface area is 250 Å². The third-order valence-electron chi connectivity index (χ3n) is 6.82. The summed E-state index contributed by atoms with van der Waals surface area (Å²) in [5, 5.41) is 13.2. The monoisotopic (exact) mass is 651 g/mol. The number of oxazole rings is 1. The van der Waals surface area contributed by atoms with Crippen molar-refractivity contribution in [3.8, 4) is 50.9 Å². The van der Waals surface area contributed by atoms with Crippen molar-refractivity contribution < 1.29 is 53.8 Å². The maximum absolute atomic E-state index is 15.0. The molecule has 1 aliphatic rings. The second-order valence-electron chi connectivity index (χ2n) is 9.98. The first kappa shape index (κ1) is 30.2. The molecule has 0 saturated heterocycles. The molecule has 0 atom stereocenters. The SMILES string of the molecule is Cc1nc(-c2ccc3c(c2)OC(F)(F)O3)c(-c2cc(-c3cc(F)c(CO)c(S(C)(=O)=O)c3)ccc2-n2ccc(C(F)(F)F)n2)o1. The van der Waals surface area contributed by atoms with Gasteiger partial charge in [0, 0.05) is 36.1 Å². The average Bonchev–Trinajstić information content (AvgIpc) is 3.67. The molecule has 0 radical (unpaired) electrons. The molecule has 3 heterocycles. The number of rotatable bonds is 6. The maximum atomic E-state index is 15.0. The Balaban J connectivity index is 1.58. The number of fused-ring (bicyclic) bond motifs is 1. The van der Waals surface area contributed by atoms with E-state index in [2.05, 4.69) is 19.6 Å². The van der Waals surface area contributed by atoms with Crippen LogP contribution < -0.4 is 9.47 Å². The van der Waals surface area contributed by atoms with Gasteiger partial charge in [0.2, 0.25) is 0 Å². The van der Waals surface area contributed by atoms with Gasteiger partial charge in [-0.15, -0.1) is 8.78 Å². The van der Waals surface area contributed by atoms with Crippen molar-refractivity contribution in [2.75, 3.05) is 6.26 Å². The molecule has 0 amide bonds. The molecule has 1 N–H and O–H groups in total. The number of hydrogen-bond donors (Lipinski definition) is 1. The zero-order valence-corrected chi connectivity index (χ0v) is 23.8. The summed E-state index contributed by atoms with van der Waals surface area (Å²) in [7, 11) is -4.00. The van der Waals surface area contributed by atoms with Crippen LogP contribution in [0.5, 0.6) is 11.5 Å². The minimum Gasteiger partial charge on any atom is -0.440 e. The molecule has 3 aromatic carbocycles. The van der Waals surface area contributed by atoms with Crippen LogP contribution in [0.25, 0.3) is 39.4 Å². The molecule has 9 nitrogen and oxygen atoms in total. The molecular formula is C29H19F6N3O6S. The molecule has 0 unspecified atom stereocenters. The highest BCUT2D eigenvalue weighted by molar-refractivity contribution is 7.90. The molecule has 1 aliphatic heterocycles. The van der Waals surface area contributed by atoms with Crippen molar-refractivity contribution in [1.29, 1.82) is 0 Å². The summed E-state index contributed by atoms with van der Waals surface area (Å²) in [6.45, 7) is 0.594. The first-order valence-corrected chi connectivity index (χ1v) is 14.7. The largest absolute Gasteiger partial charge is 0.586 e. The Hall–Kier alpha value is -4.83. The standard InChI is InChI=1S/C29H19F6N3O6S/c1-14-36-26(16-4-6-22-23(11-16)44-29(34,35)43-22)27(42-14)18-9-15(3-5-21(18)38-8-7-25(37-38)28(31,32)33)17-10-20(30)19(13-39)24(12-17)45(2,40)41/h3-12,39H,13H2,1-2H3. The second kappa shape index (κ2) is 10.4. The van der Waals surface area contributed by atoms with E-state index < -0.39 is 50.9 Å². The zero-order chi connectivity index (χ0) is 32.5. The lowest BCUT2D eigenvalue weighted by Gasteiger charge is -2.14. The normalized spacial score (nSPS) is 14.2. The van der Waals surface area contributed by atoms with Gasteiger partial charge in [0.05, 0.1) is 17.2 Å². The van der Waals surface area contributed by atoms with E-state index in [0.717, 1.165) is 35.3 Å². The topological polar surface area (TPSA) is 117 Å². The molecule has 16 heteroatoms. The van der Waals surface area contributed by atoms with Crippen LogP contribution in [0.2, 0.25) is 0 Å². The van der Waals surface area contributed by atoms with Gasteiger partial charge in [-0.1, -0.05) is 6.07 Å².